The van der Waals surface area contributed by atoms with Crippen LogP contribution in [0.1, 0.15) is 19.4 Å². The zero-order valence-corrected chi connectivity index (χ0v) is 10.5. The molecule has 0 fully saturated rings. The number of phenols is 1. The lowest BCUT2D eigenvalue weighted by atomic mass is 9.95. The van der Waals surface area contributed by atoms with Crippen LogP contribution in [-0.2, 0) is 4.79 Å². The van der Waals surface area contributed by atoms with E-state index in [4.69, 9.17) is 5.73 Å². The van der Waals surface area contributed by atoms with Crippen LogP contribution in [0.4, 0.5) is 5.69 Å². The van der Waals surface area contributed by atoms with E-state index in [-0.39, 0.29) is 23.5 Å². The first kappa shape index (κ1) is 13.5. The van der Waals surface area contributed by atoms with Crippen molar-refractivity contribution in [2.45, 2.75) is 20.8 Å². The average molecular weight is 236 g/mol. The van der Waals surface area contributed by atoms with Crippen molar-refractivity contribution in [2.75, 3.05) is 11.9 Å². The van der Waals surface area contributed by atoms with E-state index in [9.17, 15) is 9.90 Å². The fourth-order valence-electron chi connectivity index (χ4n) is 1.60. The van der Waals surface area contributed by atoms with Crippen LogP contribution in [0.25, 0.3) is 0 Å². The smallest absolute Gasteiger partial charge is 0.229 e. The summed E-state index contributed by atoms with van der Waals surface area (Å²) >= 11 is 0. The monoisotopic (exact) mass is 236 g/mol. The van der Waals surface area contributed by atoms with Gasteiger partial charge in [-0.1, -0.05) is 19.9 Å². The molecule has 0 aliphatic rings. The molecule has 0 heterocycles. The third-order valence-corrected chi connectivity index (χ3v) is 2.87. The second-order valence-electron chi connectivity index (χ2n) is 4.58. The Bertz CT molecular complexity index is 402. The maximum Gasteiger partial charge on any atom is 0.229 e. The zero-order valence-electron chi connectivity index (χ0n) is 10.5. The zero-order chi connectivity index (χ0) is 13.0. The third kappa shape index (κ3) is 3.46. The SMILES string of the molecule is Cc1ccc(NC(=O)C(CN)C(C)C)cc1O. The standard InChI is InChI=1S/C13H20N2O2/c1-8(2)11(7-14)13(17)15-10-5-4-9(3)12(16)6-10/h4-6,8,11,16H,7,14H2,1-3H3,(H,15,17). The van der Waals surface area contributed by atoms with Gasteiger partial charge in [-0.15, -0.1) is 0 Å². The Morgan fingerprint density at radius 3 is 2.59 bits per heavy atom. The van der Waals surface area contributed by atoms with Gasteiger partial charge in [0.2, 0.25) is 5.91 Å². The van der Waals surface area contributed by atoms with Crippen LogP contribution in [0.5, 0.6) is 5.75 Å². The fourth-order valence-corrected chi connectivity index (χ4v) is 1.60. The Hall–Kier alpha value is -1.55. The molecule has 4 nitrogen and oxygen atoms in total. The molecule has 1 rings (SSSR count). The van der Waals surface area contributed by atoms with Crippen molar-refractivity contribution in [3.63, 3.8) is 0 Å². The van der Waals surface area contributed by atoms with Crippen LogP contribution in [0.3, 0.4) is 0 Å². The summed E-state index contributed by atoms with van der Waals surface area (Å²) in [6.45, 7) is 6.05. The number of aromatic hydroxyl groups is 1. The van der Waals surface area contributed by atoms with E-state index in [0.29, 0.717) is 12.2 Å². The number of amides is 1. The van der Waals surface area contributed by atoms with Crippen LogP contribution in [0.15, 0.2) is 18.2 Å². The van der Waals surface area contributed by atoms with E-state index in [2.05, 4.69) is 5.32 Å². The molecule has 0 bridgehead atoms. The minimum absolute atomic E-state index is 0.106. The summed E-state index contributed by atoms with van der Waals surface area (Å²) in [5.41, 5.74) is 6.95. The number of aryl methyl sites for hydroxylation is 1. The van der Waals surface area contributed by atoms with Crippen molar-refractivity contribution in [1.29, 1.82) is 0 Å². The molecule has 1 aromatic rings. The van der Waals surface area contributed by atoms with Gasteiger partial charge in [-0.25, -0.2) is 0 Å². The number of rotatable bonds is 4. The Morgan fingerprint density at radius 2 is 2.12 bits per heavy atom. The molecule has 0 saturated carbocycles. The van der Waals surface area contributed by atoms with Crippen molar-refractivity contribution < 1.29 is 9.90 Å². The second kappa shape index (κ2) is 5.68. The molecule has 0 radical (unpaired) electrons. The number of hydrogen-bond donors (Lipinski definition) is 3. The first-order chi connectivity index (χ1) is 7.95. The molecule has 0 saturated heterocycles. The minimum Gasteiger partial charge on any atom is -0.508 e. The predicted octanol–water partition coefficient (Wildman–Crippen LogP) is 1.87. The van der Waals surface area contributed by atoms with Crippen LogP contribution < -0.4 is 11.1 Å². The molecule has 4 heteroatoms. The molecule has 0 aliphatic heterocycles. The molecule has 0 aliphatic carbocycles. The Morgan fingerprint density at radius 1 is 1.47 bits per heavy atom. The number of phenolic OH excluding ortho intramolecular Hbond substituents is 1. The number of nitrogens with two attached hydrogens (primary N) is 1. The van der Waals surface area contributed by atoms with Crippen molar-refractivity contribution >= 4 is 11.6 Å². The Labute approximate surface area is 102 Å². The van der Waals surface area contributed by atoms with Gasteiger partial charge in [0.05, 0.1) is 5.92 Å². The molecular weight excluding hydrogens is 216 g/mol. The van der Waals surface area contributed by atoms with E-state index in [1.165, 1.54) is 0 Å². The van der Waals surface area contributed by atoms with Gasteiger partial charge in [0, 0.05) is 18.3 Å². The maximum absolute atomic E-state index is 11.9. The van der Waals surface area contributed by atoms with Gasteiger partial charge in [0.25, 0.3) is 0 Å². The summed E-state index contributed by atoms with van der Waals surface area (Å²) in [7, 11) is 0. The van der Waals surface area contributed by atoms with Crippen LogP contribution >= 0.6 is 0 Å². The van der Waals surface area contributed by atoms with Gasteiger partial charge in [0.1, 0.15) is 5.75 Å². The van der Waals surface area contributed by atoms with E-state index in [0.717, 1.165) is 5.56 Å². The molecule has 17 heavy (non-hydrogen) atoms. The molecule has 0 spiro atoms. The van der Waals surface area contributed by atoms with Crippen LogP contribution in [-0.4, -0.2) is 17.6 Å². The minimum atomic E-state index is -0.210. The van der Waals surface area contributed by atoms with Crippen molar-refractivity contribution in [3.05, 3.63) is 23.8 Å². The molecule has 4 N–H and O–H groups in total. The lowest BCUT2D eigenvalue weighted by Crippen LogP contribution is -2.33. The summed E-state index contributed by atoms with van der Waals surface area (Å²) in [4.78, 5) is 11.9. The molecule has 1 aromatic carbocycles. The molecule has 1 atom stereocenters. The van der Waals surface area contributed by atoms with Gasteiger partial charge in [-0.05, 0) is 24.5 Å². The number of anilines is 1. The summed E-state index contributed by atoms with van der Waals surface area (Å²) in [5.74, 6) is 0.0555. The van der Waals surface area contributed by atoms with Crippen molar-refractivity contribution in [2.24, 2.45) is 17.6 Å². The van der Waals surface area contributed by atoms with Gasteiger partial charge in [-0.3, -0.25) is 4.79 Å². The highest BCUT2D eigenvalue weighted by Gasteiger charge is 2.20. The van der Waals surface area contributed by atoms with E-state index in [1.54, 1.807) is 25.1 Å². The summed E-state index contributed by atoms with van der Waals surface area (Å²) in [6.07, 6.45) is 0. The highest BCUT2D eigenvalue weighted by Crippen LogP contribution is 2.22. The van der Waals surface area contributed by atoms with Gasteiger partial charge >= 0.3 is 0 Å². The normalized spacial score (nSPS) is 12.5. The average Bonchev–Trinajstić information content (AvgIpc) is 2.24. The number of benzene rings is 1. The van der Waals surface area contributed by atoms with Crippen molar-refractivity contribution in [1.82, 2.24) is 0 Å². The van der Waals surface area contributed by atoms with Gasteiger partial charge in [0.15, 0.2) is 0 Å². The Balaban J connectivity index is 2.77. The lowest BCUT2D eigenvalue weighted by Gasteiger charge is -2.18. The number of carbonyl (C=O) groups is 1. The second-order valence-corrected chi connectivity index (χ2v) is 4.58. The molecule has 1 amide bonds. The number of carbonyl (C=O) groups excluding carboxylic acids is 1. The quantitative estimate of drug-likeness (QED) is 0.747. The fraction of sp³-hybridized carbons (Fsp3) is 0.462. The predicted molar refractivity (Wildman–Crippen MR) is 68.9 cm³/mol. The first-order valence-corrected chi connectivity index (χ1v) is 5.76. The topological polar surface area (TPSA) is 75.4 Å². The Kier molecular flexibility index (Phi) is 4.52. The molecule has 94 valence electrons. The van der Waals surface area contributed by atoms with Gasteiger partial charge in [-0.2, -0.15) is 0 Å². The molecular formula is C13H20N2O2. The maximum atomic E-state index is 11.9. The van der Waals surface area contributed by atoms with Crippen LogP contribution in [0, 0.1) is 18.8 Å². The van der Waals surface area contributed by atoms with Gasteiger partial charge < -0.3 is 16.2 Å². The van der Waals surface area contributed by atoms with Crippen molar-refractivity contribution in [3.8, 4) is 5.75 Å². The van der Waals surface area contributed by atoms with E-state index >= 15 is 0 Å². The summed E-state index contributed by atoms with van der Waals surface area (Å²) < 4.78 is 0. The summed E-state index contributed by atoms with van der Waals surface area (Å²) in [6, 6.07) is 5.07. The highest BCUT2D eigenvalue weighted by molar-refractivity contribution is 5.93. The highest BCUT2D eigenvalue weighted by atomic mass is 16.3. The summed E-state index contributed by atoms with van der Waals surface area (Å²) in [5, 5.41) is 12.3. The number of nitrogens with one attached hydrogen (secondary N) is 1. The first-order valence-electron chi connectivity index (χ1n) is 5.76. The van der Waals surface area contributed by atoms with E-state index < -0.39 is 0 Å². The van der Waals surface area contributed by atoms with E-state index in [1.807, 2.05) is 13.8 Å². The lowest BCUT2D eigenvalue weighted by molar-refractivity contribution is -0.120. The largest absolute Gasteiger partial charge is 0.508 e. The third-order valence-electron chi connectivity index (χ3n) is 2.87. The number of hydrogen-bond acceptors (Lipinski definition) is 3. The van der Waals surface area contributed by atoms with Crippen LogP contribution in [0.2, 0.25) is 0 Å². The molecule has 1 unspecified atom stereocenters. The molecule has 0 aromatic heterocycles.